The van der Waals surface area contributed by atoms with Crippen LogP contribution in [0.15, 0.2) is 30.3 Å². The van der Waals surface area contributed by atoms with Crippen LogP contribution in [0.4, 0.5) is 5.69 Å². The Bertz CT molecular complexity index is 621. The van der Waals surface area contributed by atoms with Gasteiger partial charge < -0.3 is 9.64 Å². The number of anilines is 1. The van der Waals surface area contributed by atoms with Crippen LogP contribution in [0.3, 0.4) is 0 Å². The number of nitrogens with zero attached hydrogens (tertiary/aromatic N) is 2. The van der Waals surface area contributed by atoms with E-state index in [1.54, 1.807) is 4.90 Å². The number of benzene rings is 1. The molecule has 0 saturated heterocycles. The number of amides is 1. The topological polar surface area (TPSA) is 58.2 Å². The molecule has 0 spiro atoms. The summed E-state index contributed by atoms with van der Waals surface area (Å²) in [5, 5.41) is 7.05. The molecule has 0 fully saturated rings. The highest BCUT2D eigenvalue weighted by Crippen LogP contribution is 2.31. The third-order valence-corrected chi connectivity index (χ3v) is 3.34. The number of H-pyrrole nitrogens is 1. The number of aromatic amines is 1. The molecular formula is C15H17N3O2. The van der Waals surface area contributed by atoms with E-state index in [0.717, 1.165) is 30.0 Å². The number of para-hydroxylation sites is 2. The third kappa shape index (κ3) is 2.27. The number of ether oxygens (including phenoxy) is 1. The molecule has 3 rings (SSSR count). The van der Waals surface area contributed by atoms with Crippen LogP contribution in [-0.4, -0.2) is 29.3 Å². The standard InChI is InChI=1S/C15H17N3O2/c1-2-5-11-10-12(17-16-11)15(19)18-8-9-20-14-7-4-3-6-13(14)18/h3-4,6-7,10H,2,5,8-9H2,1H3,(H,16,17). The van der Waals surface area contributed by atoms with Crippen molar-refractivity contribution in [3.8, 4) is 5.75 Å². The van der Waals surface area contributed by atoms with Crippen LogP contribution in [0.2, 0.25) is 0 Å². The average molecular weight is 271 g/mol. The van der Waals surface area contributed by atoms with E-state index in [4.69, 9.17) is 4.74 Å². The molecule has 1 aromatic heterocycles. The molecule has 2 aromatic rings. The summed E-state index contributed by atoms with van der Waals surface area (Å²) in [4.78, 5) is 14.3. The van der Waals surface area contributed by atoms with Gasteiger partial charge in [0.1, 0.15) is 12.4 Å². The predicted molar refractivity (Wildman–Crippen MR) is 76.2 cm³/mol. The summed E-state index contributed by atoms with van der Waals surface area (Å²) in [7, 11) is 0. The first kappa shape index (κ1) is 12.7. The maximum atomic E-state index is 12.6. The molecule has 2 heterocycles. The molecule has 1 aliphatic rings. The summed E-state index contributed by atoms with van der Waals surface area (Å²) in [6, 6.07) is 9.42. The van der Waals surface area contributed by atoms with Gasteiger partial charge in [-0.2, -0.15) is 5.10 Å². The molecule has 1 aliphatic heterocycles. The number of rotatable bonds is 3. The Balaban J connectivity index is 1.87. The molecule has 5 nitrogen and oxygen atoms in total. The molecule has 0 bridgehead atoms. The van der Waals surface area contributed by atoms with Crippen molar-refractivity contribution in [2.45, 2.75) is 19.8 Å². The lowest BCUT2D eigenvalue weighted by Crippen LogP contribution is -2.38. The molecule has 0 unspecified atom stereocenters. The van der Waals surface area contributed by atoms with E-state index in [0.29, 0.717) is 18.8 Å². The number of hydrogen-bond acceptors (Lipinski definition) is 3. The van der Waals surface area contributed by atoms with Crippen molar-refractivity contribution < 1.29 is 9.53 Å². The maximum absolute atomic E-state index is 12.6. The fourth-order valence-electron chi connectivity index (χ4n) is 2.39. The number of carbonyl (C=O) groups excluding carboxylic acids is 1. The lowest BCUT2D eigenvalue weighted by atomic mass is 10.2. The zero-order chi connectivity index (χ0) is 13.9. The van der Waals surface area contributed by atoms with E-state index in [2.05, 4.69) is 17.1 Å². The zero-order valence-electron chi connectivity index (χ0n) is 11.4. The van der Waals surface area contributed by atoms with Crippen molar-refractivity contribution in [3.63, 3.8) is 0 Å². The average Bonchev–Trinajstić information content (AvgIpc) is 2.95. The highest BCUT2D eigenvalue weighted by Gasteiger charge is 2.25. The van der Waals surface area contributed by atoms with Gasteiger partial charge in [0.05, 0.1) is 12.2 Å². The van der Waals surface area contributed by atoms with Gasteiger partial charge >= 0.3 is 0 Å². The minimum absolute atomic E-state index is 0.0839. The monoisotopic (exact) mass is 271 g/mol. The second-order valence-electron chi connectivity index (χ2n) is 4.80. The summed E-state index contributed by atoms with van der Waals surface area (Å²) >= 11 is 0. The van der Waals surface area contributed by atoms with Gasteiger partial charge in [0.25, 0.3) is 5.91 Å². The molecule has 0 radical (unpaired) electrons. The molecule has 0 aliphatic carbocycles. The fourth-order valence-corrected chi connectivity index (χ4v) is 2.39. The molecule has 104 valence electrons. The summed E-state index contributed by atoms with van der Waals surface area (Å²) in [6.07, 6.45) is 1.93. The van der Waals surface area contributed by atoms with Crippen LogP contribution in [0.1, 0.15) is 29.5 Å². The number of hydrogen-bond donors (Lipinski definition) is 1. The molecule has 1 aromatic carbocycles. The minimum Gasteiger partial charge on any atom is -0.490 e. The lowest BCUT2D eigenvalue weighted by Gasteiger charge is -2.28. The molecular weight excluding hydrogens is 254 g/mol. The lowest BCUT2D eigenvalue weighted by molar-refractivity contribution is 0.0972. The van der Waals surface area contributed by atoms with Crippen LogP contribution < -0.4 is 9.64 Å². The highest BCUT2D eigenvalue weighted by atomic mass is 16.5. The van der Waals surface area contributed by atoms with E-state index in [9.17, 15) is 4.79 Å². The Kier molecular flexibility index (Phi) is 3.41. The Morgan fingerprint density at radius 3 is 3.15 bits per heavy atom. The van der Waals surface area contributed by atoms with Gasteiger partial charge in [0.2, 0.25) is 0 Å². The van der Waals surface area contributed by atoms with Crippen molar-refractivity contribution >= 4 is 11.6 Å². The number of aryl methyl sites for hydroxylation is 1. The molecule has 5 heteroatoms. The Morgan fingerprint density at radius 1 is 1.45 bits per heavy atom. The quantitative estimate of drug-likeness (QED) is 0.932. The van der Waals surface area contributed by atoms with Crippen molar-refractivity contribution in [1.29, 1.82) is 0 Å². The molecule has 0 atom stereocenters. The maximum Gasteiger partial charge on any atom is 0.278 e. The second-order valence-corrected chi connectivity index (χ2v) is 4.80. The number of nitrogens with one attached hydrogen (secondary N) is 1. The number of carbonyl (C=O) groups is 1. The normalized spacial score (nSPS) is 13.8. The van der Waals surface area contributed by atoms with Gasteiger partial charge in [0, 0.05) is 5.69 Å². The summed E-state index contributed by atoms with van der Waals surface area (Å²) in [5.41, 5.74) is 2.27. The third-order valence-electron chi connectivity index (χ3n) is 3.34. The first-order valence-corrected chi connectivity index (χ1v) is 6.87. The Hall–Kier alpha value is -2.30. The summed E-state index contributed by atoms with van der Waals surface area (Å²) in [5.74, 6) is 0.663. The van der Waals surface area contributed by atoms with E-state index in [1.807, 2.05) is 30.3 Å². The smallest absolute Gasteiger partial charge is 0.278 e. The molecule has 1 N–H and O–H groups in total. The Labute approximate surface area is 117 Å². The first-order valence-electron chi connectivity index (χ1n) is 6.87. The zero-order valence-corrected chi connectivity index (χ0v) is 11.4. The second kappa shape index (κ2) is 5.36. The largest absolute Gasteiger partial charge is 0.490 e. The summed E-state index contributed by atoms with van der Waals surface area (Å²) in [6.45, 7) is 3.15. The van der Waals surface area contributed by atoms with E-state index in [1.165, 1.54) is 0 Å². The van der Waals surface area contributed by atoms with Crippen LogP contribution in [-0.2, 0) is 6.42 Å². The van der Waals surface area contributed by atoms with Crippen LogP contribution in [0.25, 0.3) is 0 Å². The van der Waals surface area contributed by atoms with E-state index < -0.39 is 0 Å². The molecule has 1 amide bonds. The van der Waals surface area contributed by atoms with Gasteiger partial charge in [0.15, 0.2) is 5.69 Å². The van der Waals surface area contributed by atoms with Crippen LogP contribution in [0, 0.1) is 0 Å². The number of aromatic nitrogens is 2. The predicted octanol–water partition coefficient (Wildman–Crippen LogP) is 2.40. The fraction of sp³-hybridized carbons (Fsp3) is 0.333. The molecule has 0 saturated carbocycles. The van der Waals surface area contributed by atoms with Gasteiger partial charge in [-0.05, 0) is 24.6 Å². The van der Waals surface area contributed by atoms with E-state index in [-0.39, 0.29) is 5.91 Å². The minimum atomic E-state index is -0.0839. The van der Waals surface area contributed by atoms with Crippen LogP contribution >= 0.6 is 0 Å². The van der Waals surface area contributed by atoms with Crippen LogP contribution in [0.5, 0.6) is 5.75 Å². The van der Waals surface area contributed by atoms with Crippen molar-refractivity contribution in [2.75, 3.05) is 18.1 Å². The first-order chi connectivity index (χ1) is 9.79. The highest BCUT2D eigenvalue weighted by molar-refractivity contribution is 6.05. The van der Waals surface area contributed by atoms with Crippen molar-refractivity contribution in [1.82, 2.24) is 10.2 Å². The van der Waals surface area contributed by atoms with Crippen molar-refractivity contribution in [2.24, 2.45) is 0 Å². The Morgan fingerprint density at radius 2 is 2.30 bits per heavy atom. The van der Waals surface area contributed by atoms with Gasteiger partial charge in [-0.1, -0.05) is 25.5 Å². The van der Waals surface area contributed by atoms with Gasteiger partial charge in [-0.15, -0.1) is 0 Å². The SMILES string of the molecule is CCCc1cc(C(=O)N2CCOc3ccccc32)n[nH]1. The van der Waals surface area contributed by atoms with Crippen molar-refractivity contribution in [3.05, 3.63) is 41.7 Å². The summed E-state index contributed by atoms with van der Waals surface area (Å²) < 4.78 is 5.56. The number of fused-ring (bicyclic) bond motifs is 1. The molecule has 20 heavy (non-hydrogen) atoms. The van der Waals surface area contributed by atoms with Gasteiger partial charge in [-0.3, -0.25) is 9.89 Å². The van der Waals surface area contributed by atoms with Gasteiger partial charge in [-0.25, -0.2) is 0 Å². The van der Waals surface area contributed by atoms with E-state index >= 15 is 0 Å².